The van der Waals surface area contributed by atoms with Crippen LogP contribution in [0, 0.1) is 0 Å². The highest BCUT2D eigenvalue weighted by molar-refractivity contribution is 6.15. The lowest BCUT2D eigenvalue weighted by Gasteiger charge is -2.26. The molecule has 0 radical (unpaired) electrons. The number of fused-ring (bicyclic) bond motifs is 9. The molecule has 0 aliphatic carbocycles. The zero-order chi connectivity index (χ0) is 29.0. The van der Waals surface area contributed by atoms with E-state index in [0.717, 1.165) is 66.7 Å². The van der Waals surface area contributed by atoms with Crippen LogP contribution >= 0.6 is 0 Å². The number of hydrogen-bond donors (Lipinski definition) is 0. The summed E-state index contributed by atoms with van der Waals surface area (Å²) in [6.07, 6.45) is 0. The van der Waals surface area contributed by atoms with Gasteiger partial charge in [0.1, 0.15) is 11.3 Å². The molecule has 0 fully saturated rings. The number of aromatic nitrogens is 3. The van der Waals surface area contributed by atoms with Gasteiger partial charge in [0.15, 0.2) is 11.6 Å². The quantitative estimate of drug-likeness (QED) is 0.214. The molecule has 8 aromatic rings. The Balaban J connectivity index is 1.41. The van der Waals surface area contributed by atoms with E-state index in [1.165, 1.54) is 0 Å². The second-order valence-electron chi connectivity index (χ2n) is 10.9. The van der Waals surface area contributed by atoms with Crippen molar-refractivity contribution in [2.45, 2.75) is 0 Å². The summed E-state index contributed by atoms with van der Waals surface area (Å²) in [5, 5.41) is 3.30. The molecular weight excluding hydrogens is 540 g/mol. The van der Waals surface area contributed by atoms with E-state index in [0.29, 0.717) is 17.6 Å². The monoisotopic (exact) mass is 564 g/mol. The maximum Gasteiger partial charge on any atom is 0.238 e. The van der Waals surface area contributed by atoms with Gasteiger partial charge in [-0.05, 0) is 29.0 Å². The van der Waals surface area contributed by atoms with Crippen LogP contribution in [0.4, 0.5) is 17.3 Å². The van der Waals surface area contributed by atoms with Crippen LogP contribution in [0.25, 0.3) is 67.0 Å². The minimum atomic E-state index is 0.538. The molecule has 6 aromatic carbocycles. The van der Waals surface area contributed by atoms with Crippen LogP contribution in [0.5, 0.6) is 0 Å². The summed E-state index contributed by atoms with van der Waals surface area (Å²) in [5.74, 6) is 2.60. The fourth-order valence-electron chi connectivity index (χ4n) is 6.30. The Hall–Kier alpha value is -6.07. The highest BCUT2D eigenvalue weighted by Crippen LogP contribution is 2.55. The predicted molar refractivity (Wildman–Crippen MR) is 177 cm³/mol. The molecule has 0 amide bonds. The first-order valence-electron chi connectivity index (χ1n) is 14.6. The van der Waals surface area contributed by atoms with E-state index < -0.39 is 0 Å². The normalized spacial score (nSPS) is 12.0. The third-order valence-corrected chi connectivity index (χ3v) is 8.27. The van der Waals surface area contributed by atoms with Gasteiger partial charge < -0.3 is 4.42 Å². The van der Waals surface area contributed by atoms with Crippen molar-refractivity contribution in [3.05, 3.63) is 146 Å². The third kappa shape index (κ3) is 3.76. The van der Waals surface area contributed by atoms with Gasteiger partial charge in [-0.3, -0.25) is 4.90 Å². The summed E-state index contributed by atoms with van der Waals surface area (Å²) in [6, 6.07) is 49.7. The maximum absolute atomic E-state index is 6.75. The summed E-state index contributed by atoms with van der Waals surface area (Å²) < 4.78 is 6.75. The molecule has 0 saturated carbocycles. The van der Waals surface area contributed by atoms with Gasteiger partial charge in [0.05, 0.1) is 11.4 Å². The van der Waals surface area contributed by atoms with E-state index in [9.17, 15) is 0 Å². The topological polar surface area (TPSA) is 55.1 Å². The van der Waals surface area contributed by atoms with E-state index >= 15 is 0 Å². The Morgan fingerprint density at radius 2 is 1.07 bits per heavy atom. The Kier molecular flexibility index (Phi) is 5.43. The number of benzene rings is 6. The van der Waals surface area contributed by atoms with Crippen LogP contribution in [0.3, 0.4) is 0 Å². The Morgan fingerprint density at radius 1 is 0.455 bits per heavy atom. The first kappa shape index (κ1) is 24.5. The molecule has 44 heavy (non-hydrogen) atoms. The van der Waals surface area contributed by atoms with Gasteiger partial charge in [-0.15, -0.1) is 0 Å². The molecule has 0 spiro atoms. The molecular formula is C39H24N4O. The molecule has 0 atom stereocenters. The van der Waals surface area contributed by atoms with E-state index in [-0.39, 0.29) is 0 Å². The Morgan fingerprint density at radius 3 is 1.82 bits per heavy atom. The molecule has 0 saturated heterocycles. The minimum Gasteiger partial charge on any atom is -0.455 e. The summed E-state index contributed by atoms with van der Waals surface area (Å²) in [5.41, 5.74) is 7.75. The number of nitrogens with zero attached hydrogens (tertiary/aromatic N) is 4. The second-order valence-corrected chi connectivity index (χ2v) is 10.9. The van der Waals surface area contributed by atoms with Crippen molar-refractivity contribution in [1.82, 2.24) is 15.0 Å². The Labute approximate surface area is 253 Å². The van der Waals surface area contributed by atoms with Crippen LogP contribution in [-0.2, 0) is 0 Å². The molecule has 1 aliphatic heterocycles. The minimum absolute atomic E-state index is 0.538. The molecule has 1 aliphatic rings. The number of para-hydroxylation sites is 2. The predicted octanol–water partition coefficient (Wildman–Crippen LogP) is 10.2. The summed E-state index contributed by atoms with van der Waals surface area (Å²) in [4.78, 5) is 17.4. The van der Waals surface area contributed by atoms with Crippen LogP contribution in [0.15, 0.2) is 150 Å². The van der Waals surface area contributed by atoms with Gasteiger partial charge in [0.2, 0.25) is 5.95 Å². The summed E-state index contributed by atoms with van der Waals surface area (Å²) >= 11 is 0. The largest absolute Gasteiger partial charge is 0.455 e. The average Bonchev–Trinajstić information content (AvgIpc) is 3.42. The van der Waals surface area contributed by atoms with Gasteiger partial charge >= 0.3 is 0 Å². The molecule has 206 valence electrons. The average molecular weight is 565 g/mol. The van der Waals surface area contributed by atoms with Crippen molar-refractivity contribution in [2.24, 2.45) is 0 Å². The lowest BCUT2D eigenvalue weighted by molar-refractivity contribution is 0.633. The number of hydrogen-bond acceptors (Lipinski definition) is 5. The van der Waals surface area contributed by atoms with E-state index in [2.05, 4.69) is 77.7 Å². The van der Waals surface area contributed by atoms with Gasteiger partial charge in [0.25, 0.3) is 0 Å². The molecule has 5 nitrogen and oxygen atoms in total. The zero-order valence-corrected chi connectivity index (χ0v) is 23.6. The summed E-state index contributed by atoms with van der Waals surface area (Å²) in [7, 11) is 0. The fourth-order valence-corrected chi connectivity index (χ4v) is 6.30. The first-order chi connectivity index (χ1) is 21.8. The van der Waals surface area contributed by atoms with Crippen LogP contribution in [0.1, 0.15) is 0 Å². The lowest BCUT2D eigenvalue weighted by Crippen LogP contribution is -2.16. The van der Waals surface area contributed by atoms with E-state index in [4.69, 9.17) is 19.4 Å². The van der Waals surface area contributed by atoms with Gasteiger partial charge in [-0.25, -0.2) is 4.98 Å². The van der Waals surface area contributed by atoms with Crippen LogP contribution in [-0.4, -0.2) is 15.0 Å². The molecule has 2 aromatic heterocycles. The van der Waals surface area contributed by atoms with Crippen LogP contribution < -0.4 is 4.90 Å². The lowest BCUT2D eigenvalue weighted by atomic mass is 9.95. The van der Waals surface area contributed by atoms with Crippen molar-refractivity contribution in [2.75, 3.05) is 4.90 Å². The molecule has 0 unspecified atom stereocenters. The van der Waals surface area contributed by atoms with Crippen molar-refractivity contribution in [3.8, 4) is 45.2 Å². The van der Waals surface area contributed by atoms with Gasteiger partial charge in [-0.1, -0.05) is 127 Å². The highest BCUT2D eigenvalue weighted by Gasteiger charge is 2.33. The number of rotatable bonds is 3. The smallest absolute Gasteiger partial charge is 0.238 e. The van der Waals surface area contributed by atoms with E-state index in [1.807, 2.05) is 72.8 Å². The van der Waals surface area contributed by atoms with Gasteiger partial charge in [-0.2, -0.15) is 9.97 Å². The van der Waals surface area contributed by atoms with E-state index in [1.54, 1.807) is 0 Å². The molecule has 0 N–H and O–H groups in total. The first-order valence-corrected chi connectivity index (χ1v) is 14.6. The molecule has 3 heterocycles. The van der Waals surface area contributed by atoms with Gasteiger partial charge in [0, 0.05) is 33.2 Å². The molecule has 9 rings (SSSR count). The molecule has 0 bridgehead atoms. The zero-order valence-electron chi connectivity index (χ0n) is 23.6. The summed E-state index contributed by atoms with van der Waals surface area (Å²) in [6.45, 7) is 0. The van der Waals surface area contributed by atoms with Crippen molar-refractivity contribution >= 4 is 39.1 Å². The van der Waals surface area contributed by atoms with Crippen LogP contribution in [0.2, 0.25) is 0 Å². The SMILES string of the molecule is c1ccc(-c2nc(-c3ccccc3)nc(N3c4ccccc4-c4c(oc5ccccc45)-c4c3ccc3ccccc43)n2)cc1. The van der Waals surface area contributed by atoms with Crippen molar-refractivity contribution in [1.29, 1.82) is 0 Å². The van der Waals surface area contributed by atoms with Crippen molar-refractivity contribution < 1.29 is 4.42 Å². The van der Waals surface area contributed by atoms with Crippen molar-refractivity contribution in [3.63, 3.8) is 0 Å². The maximum atomic E-state index is 6.75. The second kappa shape index (κ2) is 9.75. The highest BCUT2D eigenvalue weighted by atomic mass is 16.3. The molecule has 5 heteroatoms. The number of anilines is 3. The standard InChI is InChI=1S/C39H24N4O/c1-3-14-26(15-4-1)37-40-38(27-16-5-2-6-17-27)42-39(41-37)43-31-21-11-9-19-29(31)34-30-20-10-12-22-33(30)44-36(34)35-28-18-8-7-13-25(28)23-24-32(35)43/h1-24H. The Bertz CT molecular complexity index is 2290. The third-order valence-electron chi connectivity index (χ3n) is 8.27. The fraction of sp³-hybridized carbons (Fsp3) is 0. The number of furan rings is 1.